The molecular formula is C27H34ClN3O5. The highest BCUT2D eigenvalue weighted by atomic mass is 35.5. The zero-order valence-corrected chi connectivity index (χ0v) is 21.7. The van der Waals surface area contributed by atoms with Gasteiger partial charge in [-0.3, -0.25) is 0 Å². The number of nitrogens with zero attached hydrogens (tertiary/aromatic N) is 3. The smallest absolute Gasteiger partial charge is 0.283 e. The van der Waals surface area contributed by atoms with Crippen LogP contribution in [0.1, 0.15) is 41.3 Å². The molecule has 9 heteroatoms. The second-order valence-corrected chi connectivity index (χ2v) is 9.29. The van der Waals surface area contributed by atoms with Gasteiger partial charge in [0.2, 0.25) is 5.89 Å². The van der Waals surface area contributed by atoms with Gasteiger partial charge in [-0.2, -0.15) is 0 Å². The van der Waals surface area contributed by atoms with Crippen LogP contribution in [0.2, 0.25) is 0 Å². The number of aliphatic hydroxyl groups is 1. The van der Waals surface area contributed by atoms with Crippen molar-refractivity contribution in [3.05, 3.63) is 65.0 Å². The lowest BCUT2D eigenvalue weighted by molar-refractivity contribution is 0.0599. The molecule has 1 aliphatic heterocycles. The summed E-state index contributed by atoms with van der Waals surface area (Å²) in [6.07, 6.45) is 1.66. The number of aromatic nitrogens is 2. The number of halogens is 1. The molecule has 36 heavy (non-hydrogen) atoms. The topological polar surface area (TPSA) is 116 Å². The summed E-state index contributed by atoms with van der Waals surface area (Å²) in [7, 11) is 0. The molecule has 2 aromatic heterocycles. The molecule has 1 atom stereocenters. The van der Waals surface area contributed by atoms with Crippen molar-refractivity contribution in [3.63, 3.8) is 0 Å². The van der Waals surface area contributed by atoms with E-state index < -0.39 is 6.10 Å². The lowest BCUT2D eigenvalue weighted by Gasteiger charge is -2.33. The number of hydrogen-bond donors (Lipinski definition) is 1. The van der Waals surface area contributed by atoms with Crippen LogP contribution in [0.5, 0.6) is 5.75 Å². The fourth-order valence-corrected chi connectivity index (χ4v) is 4.67. The summed E-state index contributed by atoms with van der Waals surface area (Å²) >= 11 is 0. The zero-order chi connectivity index (χ0) is 23.7. The maximum atomic E-state index is 10.6. The molecule has 1 fully saturated rings. The standard InChI is InChI=1S/C27H31N3O4.ClH.H2O/c1-17-7-8-21(13-18(17)2)20-9-11-30(12-10-20)15-22(31)16-32-24-5-4-6-25-23(24)14-26(34-25)27-29-28-19(3)33-27;;/h4-8,13-14,20,22,31H,9-12,15-16H2,1-3H3;1H;1H2/t22-;;/m0../s1. The van der Waals surface area contributed by atoms with Crippen LogP contribution in [0.4, 0.5) is 0 Å². The van der Waals surface area contributed by atoms with Gasteiger partial charge in [-0.1, -0.05) is 24.3 Å². The van der Waals surface area contributed by atoms with Crippen LogP contribution in [0.15, 0.2) is 51.3 Å². The molecule has 1 saturated heterocycles. The van der Waals surface area contributed by atoms with E-state index in [0.29, 0.717) is 41.3 Å². The second-order valence-electron chi connectivity index (χ2n) is 9.29. The Morgan fingerprint density at radius 2 is 1.81 bits per heavy atom. The quantitative estimate of drug-likeness (QED) is 0.381. The number of furan rings is 1. The minimum absolute atomic E-state index is 0. The summed E-state index contributed by atoms with van der Waals surface area (Å²) in [6, 6.07) is 14.3. The van der Waals surface area contributed by atoms with Crippen molar-refractivity contribution in [3.8, 4) is 17.4 Å². The maximum absolute atomic E-state index is 10.6. The van der Waals surface area contributed by atoms with Crippen molar-refractivity contribution in [1.82, 2.24) is 15.1 Å². The van der Waals surface area contributed by atoms with Crippen LogP contribution in [-0.4, -0.2) is 58.0 Å². The third-order valence-electron chi connectivity index (χ3n) is 6.75. The van der Waals surface area contributed by atoms with E-state index in [2.05, 4.69) is 47.1 Å². The number of rotatable bonds is 7. The first-order chi connectivity index (χ1) is 16.5. The number of β-amino-alcohol motifs (C(OH)–C–C–N with tert-alkyl or cyclic N) is 1. The lowest BCUT2D eigenvalue weighted by atomic mass is 9.88. The van der Waals surface area contributed by atoms with Gasteiger partial charge in [0, 0.05) is 19.5 Å². The first-order valence-electron chi connectivity index (χ1n) is 11.9. The van der Waals surface area contributed by atoms with Gasteiger partial charge >= 0.3 is 0 Å². The van der Waals surface area contributed by atoms with Crippen molar-refractivity contribution in [2.24, 2.45) is 0 Å². The molecule has 0 aliphatic carbocycles. The Balaban J connectivity index is 0.00000180. The largest absolute Gasteiger partial charge is 0.490 e. The van der Waals surface area contributed by atoms with Crippen molar-refractivity contribution in [1.29, 1.82) is 0 Å². The highest BCUT2D eigenvalue weighted by Crippen LogP contribution is 2.33. The fraction of sp³-hybridized carbons (Fsp3) is 0.407. The van der Waals surface area contributed by atoms with Crippen LogP contribution in [-0.2, 0) is 0 Å². The SMILES string of the molecule is Cc1nnc(-c2cc3c(OC[C@@H](O)CN4CCC(c5ccc(C)c(C)c5)CC4)cccc3o2)o1.Cl.O. The van der Waals surface area contributed by atoms with Gasteiger partial charge in [0.15, 0.2) is 5.76 Å². The van der Waals surface area contributed by atoms with Gasteiger partial charge in [0.05, 0.1) is 5.39 Å². The van der Waals surface area contributed by atoms with E-state index in [0.717, 1.165) is 31.3 Å². The predicted octanol–water partition coefficient (Wildman–Crippen LogP) is 4.62. The number of hydrogen-bond acceptors (Lipinski definition) is 7. The molecule has 3 heterocycles. The van der Waals surface area contributed by atoms with Crippen LogP contribution in [0, 0.1) is 20.8 Å². The number of aryl methyl sites for hydroxylation is 3. The Hall–Kier alpha value is -2.91. The minimum atomic E-state index is -0.571. The second kappa shape index (κ2) is 11.9. The molecule has 0 saturated carbocycles. The van der Waals surface area contributed by atoms with Crippen molar-refractivity contribution in [2.75, 3.05) is 26.2 Å². The van der Waals surface area contributed by atoms with Gasteiger partial charge < -0.3 is 29.1 Å². The molecule has 3 N–H and O–H groups in total. The average Bonchev–Trinajstić information content (AvgIpc) is 3.46. The number of piperidine rings is 1. The summed E-state index contributed by atoms with van der Waals surface area (Å²) in [5.41, 5.74) is 4.82. The fourth-order valence-electron chi connectivity index (χ4n) is 4.67. The molecule has 5 rings (SSSR count). The number of aliphatic hydroxyl groups excluding tert-OH is 1. The predicted molar refractivity (Wildman–Crippen MR) is 141 cm³/mol. The van der Waals surface area contributed by atoms with E-state index in [1.165, 1.54) is 16.7 Å². The van der Waals surface area contributed by atoms with Crippen LogP contribution < -0.4 is 4.74 Å². The maximum Gasteiger partial charge on any atom is 0.283 e. The molecule has 2 aromatic carbocycles. The average molecular weight is 516 g/mol. The highest BCUT2D eigenvalue weighted by Gasteiger charge is 2.23. The van der Waals surface area contributed by atoms with E-state index in [4.69, 9.17) is 13.6 Å². The summed E-state index contributed by atoms with van der Waals surface area (Å²) in [5.74, 6) is 2.58. The van der Waals surface area contributed by atoms with E-state index in [1.807, 2.05) is 24.3 Å². The van der Waals surface area contributed by atoms with Gasteiger partial charge in [-0.25, -0.2) is 0 Å². The highest BCUT2D eigenvalue weighted by molar-refractivity contribution is 5.87. The van der Waals surface area contributed by atoms with Gasteiger partial charge in [0.1, 0.15) is 24.0 Å². The third-order valence-corrected chi connectivity index (χ3v) is 6.75. The third kappa shape index (κ3) is 6.07. The molecule has 0 unspecified atom stereocenters. The number of likely N-dealkylation sites (tertiary alicyclic amines) is 1. The summed E-state index contributed by atoms with van der Waals surface area (Å²) in [5, 5.41) is 19.3. The van der Waals surface area contributed by atoms with Crippen LogP contribution in [0.3, 0.4) is 0 Å². The molecule has 1 aliphatic rings. The van der Waals surface area contributed by atoms with Crippen molar-refractivity contribution >= 4 is 23.4 Å². The molecule has 0 radical (unpaired) electrons. The molecule has 8 nitrogen and oxygen atoms in total. The van der Waals surface area contributed by atoms with Crippen molar-refractivity contribution < 1.29 is 24.2 Å². The molecule has 0 spiro atoms. The first kappa shape index (κ1) is 27.7. The number of benzene rings is 2. The Morgan fingerprint density at radius 3 is 2.50 bits per heavy atom. The molecule has 4 aromatic rings. The molecule has 194 valence electrons. The Labute approximate surface area is 217 Å². The summed E-state index contributed by atoms with van der Waals surface area (Å²) < 4.78 is 17.3. The van der Waals surface area contributed by atoms with E-state index in [9.17, 15) is 5.11 Å². The normalized spacial score (nSPS) is 15.3. The van der Waals surface area contributed by atoms with E-state index in [-0.39, 0.29) is 24.5 Å². The molecule has 0 amide bonds. The van der Waals surface area contributed by atoms with Crippen LogP contribution >= 0.6 is 12.4 Å². The number of fused-ring (bicyclic) bond motifs is 1. The van der Waals surface area contributed by atoms with Crippen LogP contribution in [0.25, 0.3) is 22.6 Å². The summed E-state index contributed by atoms with van der Waals surface area (Å²) in [6.45, 7) is 8.87. The molecular weight excluding hydrogens is 482 g/mol. The van der Waals surface area contributed by atoms with Gasteiger partial charge in [-0.05, 0) is 74.5 Å². The zero-order valence-electron chi connectivity index (χ0n) is 20.9. The number of ether oxygens (including phenoxy) is 1. The Bertz CT molecular complexity index is 1280. The molecule has 0 bridgehead atoms. The van der Waals surface area contributed by atoms with Crippen molar-refractivity contribution in [2.45, 2.75) is 45.6 Å². The van der Waals surface area contributed by atoms with E-state index in [1.54, 1.807) is 6.92 Å². The summed E-state index contributed by atoms with van der Waals surface area (Å²) in [4.78, 5) is 2.33. The lowest BCUT2D eigenvalue weighted by Crippen LogP contribution is -2.40. The Kier molecular flexibility index (Phi) is 9.13. The first-order valence-corrected chi connectivity index (χ1v) is 11.9. The monoisotopic (exact) mass is 515 g/mol. The van der Waals surface area contributed by atoms with E-state index >= 15 is 0 Å². The minimum Gasteiger partial charge on any atom is -0.490 e. The van der Waals surface area contributed by atoms with Gasteiger partial charge in [0.25, 0.3) is 5.89 Å². The Morgan fingerprint density at radius 1 is 1.03 bits per heavy atom. The van der Waals surface area contributed by atoms with Gasteiger partial charge in [-0.15, -0.1) is 22.6 Å².